The smallest absolute Gasteiger partial charge is 0.217 e. The molecule has 4 heteroatoms. The lowest BCUT2D eigenvalue weighted by Gasteiger charge is -2.08. The second kappa shape index (κ2) is 4.44. The van der Waals surface area contributed by atoms with Gasteiger partial charge in [0.15, 0.2) is 0 Å². The average Bonchev–Trinajstić information content (AvgIpc) is 2.17. The topological polar surface area (TPSA) is 48.1 Å². The largest absolute Gasteiger partial charge is 0.481 e. The van der Waals surface area contributed by atoms with Crippen LogP contribution in [-0.4, -0.2) is 12.1 Å². The van der Waals surface area contributed by atoms with Gasteiger partial charge < -0.3 is 10.5 Å². The molecule has 0 saturated carbocycles. The highest BCUT2D eigenvalue weighted by Gasteiger charge is 2.08. The summed E-state index contributed by atoms with van der Waals surface area (Å²) in [5.74, 6) is 0.573. The Labute approximate surface area is 82.9 Å². The van der Waals surface area contributed by atoms with Crippen molar-refractivity contribution in [2.75, 3.05) is 7.11 Å². The molecule has 0 radical (unpaired) electrons. The number of pyridine rings is 1. The molecule has 72 valence electrons. The molecule has 1 rings (SSSR count). The fraction of sp³-hybridized carbons (Fsp3) is 0.444. The number of nitrogens with two attached hydrogens (primary N) is 1. The van der Waals surface area contributed by atoms with Crippen molar-refractivity contribution in [2.45, 2.75) is 19.9 Å². The van der Waals surface area contributed by atoms with Gasteiger partial charge in [-0.25, -0.2) is 4.98 Å². The summed E-state index contributed by atoms with van der Waals surface area (Å²) >= 11 is 5.96. The molecule has 0 saturated heterocycles. The lowest BCUT2D eigenvalue weighted by molar-refractivity contribution is 0.391. The SMILES string of the molecule is CCc1nc(OC)c(CN)cc1Cl. The molecule has 0 fully saturated rings. The van der Waals surface area contributed by atoms with Crippen molar-refractivity contribution in [2.24, 2.45) is 5.73 Å². The predicted molar refractivity (Wildman–Crippen MR) is 53.1 cm³/mol. The van der Waals surface area contributed by atoms with Crippen LogP contribution in [0.5, 0.6) is 5.88 Å². The lowest BCUT2D eigenvalue weighted by Crippen LogP contribution is -2.03. The van der Waals surface area contributed by atoms with Crippen LogP contribution >= 0.6 is 11.6 Å². The Morgan fingerprint density at radius 3 is 2.77 bits per heavy atom. The van der Waals surface area contributed by atoms with Gasteiger partial charge in [0.25, 0.3) is 0 Å². The van der Waals surface area contributed by atoms with Crippen LogP contribution in [0, 0.1) is 0 Å². The summed E-state index contributed by atoms with van der Waals surface area (Å²) in [7, 11) is 1.58. The maximum absolute atomic E-state index is 5.96. The van der Waals surface area contributed by atoms with Crippen LogP contribution in [0.15, 0.2) is 6.07 Å². The van der Waals surface area contributed by atoms with E-state index in [-0.39, 0.29) is 0 Å². The maximum Gasteiger partial charge on any atom is 0.217 e. The van der Waals surface area contributed by atoms with Crippen LogP contribution < -0.4 is 10.5 Å². The van der Waals surface area contributed by atoms with E-state index in [4.69, 9.17) is 22.1 Å². The molecule has 13 heavy (non-hydrogen) atoms. The number of methoxy groups -OCH3 is 1. The first-order valence-electron chi connectivity index (χ1n) is 4.15. The summed E-state index contributed by atoms with van der Waals surface area (Å²) < 4.78 is 5.08. The Morgan fingerprint density at radius 2 is 2.31 bits per heavy atom. The zero-order valence-corrected chi connectivity index (χ0v) is 8.56. The van der Waals surface area contributed by atoms with Gasteiger partial charge in [0.2, 0.25) is 5.88 Å². The van der Waals surface area contributed by atoms with E-state index in [0.29, 0.717) is 17.4 Å². The third kappa shape index (κ3) is 2.11. The highest BCUT2D eigenvalue weighted by Crippen LogP contribution is 2.23. The first-order valence-corrected chi connectivity index (χ1v) is 4.53. The van der Waals surface area contributed by atoms with Gasteiger partial charge in [0.1, 0.15) is 0 Å². The molecule has 2 N–H and O–H groups in total. The zero-order valence-electron chi connectivity index (χ0n) is 7.80. The number of hydrogen-bond donors (Lipinski definition) is 1. The monoisotopic (exact) mass is 200 g/mol. The van der Waals surface area contributed by atoms with Crippen molar-refractivity contribution in [1.82, 2.24) is 4.98 Å². The van der Waals surface area contributed by atoms with Crippen molar-refractivity contribution >= 4 is 11.6 Å². The van der Waals surface area contributed by atoms with Gasteiger partial charge >= 0.3 is 0 Å². The van der Waals surface area contributed by atoms with Gasteiger partial charge in [-0.3, -0.25) is 0 Å². The molecular formula is C9H13ClN2O. The third-order valence-electron chi connectivity index (χ3n) is 1.84. The van der Waals surface area contributed by atoms with Crippen molar-refractivity contribution in [3.05, 3.63) is 22.3 Å². The van der Waals surface area contributed by atoms with Crippen molar-refractivity contribution in [1.29, 1.82) is 0 Å². The Balaban J connectivity index is 3.18. The number of rotatable bonds is 3. The maximum atomic E-state index is 5.96. The Hall–Kier alpha value is -0.800. The molecule has 1 aromatic rings. The standard InChI is InChI=1S/C9H13ClN2O/c1-3-8-7(10)4-6(5-11)9(12-8)13-2/h4H,3,5,11H2,1-2H3. The molecule has 0 aliphatic rings. The number of halogens is 1. The van der Waals surface area contributed by atoms with Crippen LogP contribution in [0.3, 0.4) is 0 Å². The van der Waals surface area contributed by atoms with E-state index in [2.05, 4.69) is 4.98 Å². The van der Waals surface area contributed by atoms with Gasteiger partial charge in [-0.15, -0.1) is 0 Å². The van der Waals surface area contributed by atoms with Gasteiger partial charge in [0.05, 0.1) is 17.8 Å². The van der Waals surface area contributed by atoms with Gasteiger partial charge in [-0.05, 0) is 12.5 Å². The minimum Gasteiger partial charge on any atom is -0.481 e. The molecule has 1 aromatic heterocycles. The third-order valence-corrected chi connectivity index (χ3v) is 2.16. The van der Waals surface area contributed by atoms with E-state index in [0.717, 1.165) is 17.7 Å². The quantitative estimate of drug-likeness (QED) is 0.809. The van der Waals surface area contributed by atoms with Crippen molar-refractivity contribution in [3.63, 3.8) is 0 Å². The van der Waals surface area contributed by atoms with Crippen LogP contribution in [0.4, 0.5) is 0 Å². The molecule has 0 aliphatic heterocycles. The average molecular weight is 201 g/mol. The zero-order chi connectivity index (χ0) is 9.84. The highest BCUT2D eigenvalue weighted by molar-refractivity contribution is 6.31. The van der Waals surface area contributed by atoms with Gasteiger partial charge in [-0.2, -0.15) is 0 Å². The van der Waals surface area contributed by atoms with Crippen molar-refractivity contribution in [3.8, 4) is 5.88 Å². The molecule has 0 atom stereocenters. The second-order valence-electron chi connectivity index (χ2n) is 2.64. The van der Waals surface area contributed by atoms with E-state index >= 15 is 0 Å². The fourth-order valence-electron chi connectivity index (χ4n) is 1.12. The van der Waals surface area contributed by atoms with Crippen LogP contribution in [0.25, 0.3) is 0 Å². The number of aryl methyl sites for hydroxylation is 1. The number of nitrogens with zero attached hydrogens (tertiary/aromatic N) is 1. The molecular weight excluding hydrogens is 188 g/mol. The van der Waals surface area contributed by atoms with E-state index in [9.17, 15) is 0 Å². The molecule has 1 heterocycles. The summed E-state index contributed by atoms with van der Waals surface area (Å²) in [6.07, 6.45) is 0.792. The summed E-state index contributed by atoms with van der Waals surface area (Å²) in [6.45, 7) is 2.38. The molecule has 0 aromatic carbocycles. The Morgan fingerprint density at radius 1 is 1.62 bits per heavy atom. The molecule has 0 unspecified atom stereocenters. The highest BCUT2D eigenvalue weighted by atomic mass is 35.5. The Kier molecular flexibility index (Phi) is 3.51. The first kappa shape index (κ1) is 10.3. The molecule has 0 amide bonds. The lowest BCUT2D eigenvalue weighted by atomic mass is 10.2. The molecule has 3 nitrogen and oxygen atoms in total. The van der Waals surface area contributed by atoms with Crippen molar-refractivity contribution < 1.29 is 4.74 Å². The van der Waals surface area contributed by atoms with E-state index in [1.807, 2.05) is 13.0 Å². The summed E-state index contributed by atoms with van der Waals surface area (Å²) in [6, 6.07) is 1.81. The second-order valence-corrected chi connectivity index (χ2v) is 3.05. The number of aromatic nitrogens is 1. The number of ether oxygens (including phenoxy) is 1. The first-order chi connectivity index (χ1) is 6.22. The minimum atomic E-state index is 0.389. The summed E-state index contributed by atoms with van der Waals surface area (Å²) in [5, 5.41) is 0.656. The molecule has 0 aliphatic carbocycles. The molecule has 0 bridgehead atoms. The fourth-order valence-corrected chi connectivity index (χ4v) is 1.42. The van der Waals surface area contributed by atoms with E-state index in [1.165, 1.54) is 0 Å². The van der Waals surface area contributed by atoms with Crippen LogP contribution in [0.1, 0.15) is 18.2 Å². The van der Waals surface area contributed by atoms with Crippen LogP contribution in [-0.2, 0) is 13.0 Å². The summed E-state index contributed by atoms with van der Waals surface area (Å²) in [4.78, 5) is 4.25. The molecule has 0 spiro atoms. The predicted octanol–water partition coefficient (Wildman–Crippen LogP) is 1.76. The van der Waals surface area contributed by atoms with E-state index in [1.54, 1.807) is 7.11 Å². The minimum absolute atomic E-state index is 0.389. The van der Waals surface area contributed by atoms with Gasteiger partial charge in [0, 0.05) is 12.1 Å². The van der Waals surface area contributed by atoms with Gasteiger partial charge in [-0.1, -0.05) is 18.5 Å². The summed E-state index contributed by atoms with van der Waals surface area (Å²) in [5.41, 5.74) is 7.19. The van der Waals surface area contributed by atoms with E-state index < -0.39 is 0 Å². The van der Waals surface area contributed by atoms with Crippen LogP contribution in [0.2, 0.25) is 5.02 Å². The number of hydrogen-bond acceptors (Lipinski definition) is 3. The normalized spacial score (nSPS) is 10.2. The Bertz CT molecular complexity index is 302.